The molecule has 0 aliphatic carbocycles. The number of ether oxygens (including phenoxy) is 1. The van der Waals surface area contributed by atoms with Crippen molar-refractivity contribution in [1.29, 1.82) is 0 Å². The van der Waals surface area contributed by atoms with Crippen LogP contribution in [0.4, 0.5) is 5.82 Å². The lowest BCUT2D eigenvalue weighted by atomic mass is 10.4. The van der Waals surface area contributed by atoms with Crippen molar-refractivity contribution in [3.05, 3.63) is 37.1 Å². The van der Waals surface area contributed by atoms with Gasteiger partial charge in [-0.05, 0) is 18.6 Å². The zero-order valence-corrected chi connectivity index (χ0v) is 9.84. The third-order valence-corrected chi connectivity index (χ3v) is 2.44. The lowest BCUT2D eigenvalue weighted by Crippen LogP contribution is -2.07. The van der Waals surface area contributed by atoms with Crippen molar-refractivity contribution in [2.24, 2.45) is 0 Å². The molecule has 1 N–H and O–H groups in total. The van der Waals surface area contributed by atoms with Crippen LogP contribution < -0.4 is 10.1 Å². The van der Waals surface area contributed by atoms with Crippen LogP contribution in [-0.4, -0.2) is 28.2 Å². The highest BCUT2D eigenvalue weighted by molar-refractivity contribution is 5.49. The molecule has 0 fully saturated rings. The quantitative estimate of drug-likeness (QED) is 0.771. The fourth-order valence-corrected chi connectivity index (χ4v) is 1.58. The summed E-state index contributed by atoms with van der Waals surface area (Å²) in [6.45, 7) is 1.80. The van der Waals surface area contributed by atoms with Gasteiger partial charge < -0.3 is 14.6 Å². The van der Waals surface area contributed by atoms with E-state index >= 15 is 0 Å². The SMILES string of the molecule is COc1cccnc1NCCCn1ccnc1. The third-order valence-electron chi connectivity index (χ3n) is 2.44. The monoisotopic (exact) mass is 232 g/mol. The second kappa shape index (κ2) is 5.89. The maximum absolute atomic E-state index is 5.21. The number of hydrogen-bond donors (Lipinski definition) is 1. The van der Waals surface area contributed by atoms with Crippen LogP contribution >= 0.6 is 0 Å². The van der Waals surface area contributed by atoms with Crippen molar-refractivity contribution in [2.45, 2.75) is 13.0 Å². The molecule has 0 saturated carbocycles. The first-order chi connectivity index (χ1) is 8.40. The summed E-state index contributed by atoms with van der Waals surface area (Å²) in [6.07, 6.45) is 8.33. The van der Waals surface area contributed by atoms with Crippen LogP contribution in [0.3, 0.4) is 0 Å². The normalized spacial score (nSPS) is 10.2. The lowest BCUT2D eigenvalue weighted by Gasteiger charge is -2.09. The molecule has 0 radical (unpaired) electrons. The molecule has 5 nitrogen and oxygen atoms in total. The number of aromatic nitrogens is 3. The molecule has 0 aliphatic rings. The summed E-state index contributed by atoms with van der Waals surface area (Å²) in [7, 11) is 1.65. The van der Waals surface area contributed by atoms with E-state index in [0.29, 0.717) is 0 Å². The maximum Gasteiger partial charge on any atom is 0.168 e. The van der Waals surface area contributed by atoms with Gasteiger partial charge in [0.1, 0.15) is 0 Å². The van der Waals surface area contributed by atoms with Gasteiger partial charge in [-0.1, -0.05) is 0 Å². The van der Waals surface area contributed by atoms with Gasteiger partial charge in [0.15, 0.2) is 11.6 Å². The number of imidazole rings is 1. The molecule has 2 aromatic heterocycles. The standard InChI is InChI=1S/C12H16N4O/c1-17-11-4-2-5-14-12(11)15-6-3-8-16-9-7-13-10-16/h2,4-5,7,9-10H,3,6,8H2,1H3,(H,14,15). The van der Waals surface area contributed by atoms with Crippen LogP contribution in [0.2, 0.25) is 0 Å². The molecule has 2 heterocycles. The molecule has 17 heavy (non-hydrogen) atoms. The summed E-state index contributed by atoms with van der Waals surface area (Å²) < 4.78 is 7.26. The van der Waals surface area contributed by atoms with Crippen molar-refractivity contribution in [2.75, 3.05) is 19.0 Å². The average Bonchev–Trinajstić information content (AvgIpc) is 2.88. The Morgan fingerprint density at radius 3 is 3.12 bits per heavy atom. The Hall–Kier alpha value is -2.04. The Bertz CT molecular complexity index is 442. The van der Waals surface area contributed by atoms with E-state index in [2.05, 4.69) is 19.9 Å². The second-order valence-corrected chi connectivity index (χ2v) is 3.64. The predicted molar refractivity (Wildman–Crippen MR) is 66.1 cm³/mol. The van der Waals surface area contributed by atoms with E-state index in [9.17, 15) is 0 Å². The molecule has 0 aromatic carbocycles. The molecule has 0 bridgehead atoms. The Labute approximate surface area is 100 Å². The number of nitrogens with one attached hydrogen (secondary N) is 1. The van der Waals surface area contributed by atoms with Crippen molar-refractivity contribution < 1.29 is 4.74 Å². The number of methoxy groups -OCH3 is 1. The lowest BCUT2D eigenvalue weighted by molar-refractivity contribution is 0.414. The van der Waals surface area contributed by atoms with Gasteiger partial charge in [-0.2, -0.15) is 0 Å². The summed E-state index contributed by atoms with van der Waals surface area (Å²) in [5, 5.41) is 3.26. The first-order valence-corrected chi connectivity index (χ1v) is 5.59. The van der Waals surface area contributed by atoms with Crippen LogP contribution in [0, 0.1) is 0 Å². The minimum Gasteiger partial charge on any atom is -0.493 e. The highest BCUT2D eigenvalue weighted by Crippen LogP contribution is 2.19. The van der Waals surface area contributed by atoms with Crippen LogP contribution in [0.15, 0.2) is 37.1 Å². The van der Waals surface area contributed by atoms with Gasteiger partial charge in [0.05, 0.1) is 13.4 Å². The second-order valence-electron chi connectivity index (χ2n) is 3.64. The van der Waals surface area contributed by atoms with E-state index in [-0.39, 0.29) is 0 Å². The number of rotatable bonds is 6. The van der Waals surface area contributed by atoms with E-state index < -0.39 is 0 Å². The molecular weight excluding hydrogens is 216 g/mol. The Morgan fingerprint density at radius 2 is 2.35 bits per heavy atom. The van der Waals surface area contributed by atoms with Gasteiger partial charge in [-0.25, -0.2) is 9.97 Å². The van der Waals surface area contributed by atoms with Crippen LogP contribution in [-0.2, 0) is 6.54 Å². The molecule has 0 unspecified atom stereocenters. The van der Waals surface area contributed by atoms with E-state index in [0.717, 1.165) is 31.1 Å². The number of nitrogens with zero attached hydrogens (tertiary/aromatic N) is 3. The Balaban J connectivity index is 1.78. The Kier molecular flexibility index (Phi) is 3.96. The molecule has 0 saturated heterocycles. The summed E-state index contributed by atoms with van der Waals surface area (Å²) in [6, 6.07) is 3.75. The van der Waals surface area contributed by atoms with Crippen LogP contribution in [0.1, 0.15) is 6.42 Å². The minimum absolute atomic E-state index is 0.773. The maximum atomic E-state index is 5.21. The molecule has 0 amide bonds. The largest absolute Gasteiger partial charge is 0.493 e. The minimum atomic E-state index is 0.773. The molecule has 5 heteroatoms. The highest BCUT2D eigenvalue weighted by atomic mass is 16.5. The summed E-state index contributed by atoms with van der Waals surface area (Å²) in [5.74, 6) is 1.57. The van der Waals surface area contributed by atoms with Gasteiger partial charge in [0, 0.05) is 31.7 Å². The van der Waals surface area contributed by atoms with Gasteiger partial charge in [-0.3, -0.25) is 0 Å². The van der Waals surface area contributed by atoms with Gasteiger partial charge in [0.2, 0.25) is 0 Å². The van der Waals surface area contributed by atoms with E-state index in [1.807, 2.05) is 24.7 Å². The van der Waals surface area contributed by atoms with Crippen molar-refractivity contribution in [3.63, 3.8) is 0 Å². The summed E-state index contributed by atoms with van der Waals surface area (Å²) in [4.78, 5) is 8.23. The van der Waals surface area contributed by atoms with Crippen molar-refractivity contribution >= 4 is 5.82 Å². The Morgan fingerprint density at radius 1 is 1.41 bits per heavy atom. The zero-order valence-electron chi connectivity index (χ0n) is 9.84. The fourth-order valence-electron chi connectivity index (χ4n) is 1.58. The average molecular weight is 232 g/mol. The number of pyridine rings is 1. The molecule has 2 rings (SSSR count). The molecule has 0 spiro atoms. The number of aryl methyl sites for hydroxylation is 1. The predicted octanol–water partition coefficient (Wildman–Crippen LogP) is 1.79. The first-order valence-electron chi connectivity index (χ1n) is 5.59. The molecule has 2 aromatic rings. The molecule has 0 atom stereocenters. The smallest absolute Gasteiger partial charge is 0.168 e. The first kappa shape index (κ1) is 11.4. The van der Waals surface area contributed by atoms with E-state index in [1.165, 1.54) is 0 Å². The van der Waals surface area contributed by atoms with Gasteiger partial charge in [-0.15, -0.1) is 0 Å². The molecule has 0 aliphatic heterocycles. The molecule has 90 valence electrons. The van der Waals surface area contributed by atoms with E-state index in [1.54, 1.807) is 19.5 Å². The van der Waals surface area contributed by atoms with Crippen molar-refractivity contribution in [1.82, 2.24) is 14.5 Å². The van der Waals surface area contributed by atoms with Crippen LogP contribution in [0.25, 0.3) is 0 Å². The summed E-state index contributed by atoms with van der Waals surface area (Å²) in [5.41, 5.74) is 0. The third kappa shape index (κ3) is 3.21. The van der Waals surface area contributed by atoms with Crippen LogP contribution in [0.5, 0.6) is 5.75 Å². The van der Waals surface area contributed by atoms with Gasteiger partial charge >= 0.3 is 0 Å². The number of anilines is 1. The fraction of sp³-hybridized carbons (Fsp3) is 0.333. The molecular formula is C12H16N4O. The topological polar surface area (TPSA) is 52.0 Å². The number of hydrogen-bond acceptors (Lipinski definition) is 4. The van der Waals surface area contributed by atoms with Crippen molar-refractivity contribution in [3.8, 4) is 5.75 Å². The van der Waals surface area contributed by atoms with Gasteiger partial charge in [0.25, 0.3) is 0 Å². The van der Waals surface area contributed by atoms with E-state index in [4.69, 9.17) is 4.74 Å². The highest BCUT2D eigenvalue weighted by Gasteiger charge is 2.01. The summed E-state index contributed by atoms with van der Waals surface area (Å²) >= 11 is 0. The zero-order chi connectivity index (χ0) is 11.9.